The Kier molecular flexibility index (Phi) is 6.01. The monoisotopic (exact) mass is 410 g/mol. The molecule has 0 fully saturated rings. The van der Waals surface area contributed by atoms with E-state index in [1.165, 1.54) is 24.3 Å². The minimum absolute atomic E-state index is 0.000885. The lowest BCUT2D eigenvalue weighted by molar-refractivity contribution is -0.142. The van der Waals surface area contributed by atoms with Crippen LogP contribution >= 0.6 is 0 Å². The number of esters is 1. The van der Waals surface area contributed by atoms with Crippen LogP contribution in [0.5, 0.6) is 11.5 Å². The van der Waals surface area contributed by atoms with Crippen molar-refractivity contribution in [2.75, 3.05) is 6.61 Å². The minimum atomic E-state index is -0.748. The maximum atomic E-state index is 13.0. The Morgan fingerprint density at radius 3 is 2.40 bits per heavy atom. The molecule has 3 rings (SSSR count). The second kappa shape index (κ2) is 8.49. The van der Waals surface area contributed by atoms with Gasteiger partial charge in [0, 0.05) is 17.5 Å². The molecule has 0 radical (unpaired) electrons. The lowest BCUT2D eigenvalue weighted by Crippen LogP contribution is -2.24. The number of hydrogen-bond acceptors (Lipinski definition) is 7. The molecule has 0 aromatic heterocycles. The van der Waals surface area contributed by atoms with Gasteiger partial charge in [0.05, 0.1) is 29.7 Å². The molecule has 0 heterocycles. The number of rotatable bonds is 7. The molecule has 0 saturated carbocycles. The molecule has 7 nitrogen and oxygen atoms in total. The predicted molar refractivity (Wildman–Crippen MR) is 107 cm³/mol. The molecular formula is C23H22O7. The fraction of sp³-hybridized carbons (Fsp3) is 0.304. The van der Waals surface area contributed by atoms with E-state index in [4.69, 9.17) is 4.74 Å². The second-order valence-corrected chi connectivity index (χ2v) is 7.05. The summed E-state index contributed by atoms with van der Waals surface area (Å²) in [6.45, 7) is 3.68. The summed E-state index contributed by atoms with van der Waals surface area (Å²) in [5.41, 5.74) is -0.677. The molecule has 2 N–H and O–H groups in total. The van der Waals surface area contributed by atoms with Crippen molar-refractivity contribution in [2.45, 2.75) is 39.5 Å². The van der Waals surface area contributed by atoms with E-state index in [-0.39, 0.29) is 58.6 Å². The summed E-state index contributed by atoms with van der Waals surface area (Å²) in [7, 11) is 0. The first-order valence-corrected chi connectivity index (χ1v) is 9.80. The number of Topliss-reactive ketones (excluding diaryl/α,β-unsaturated/α-hetero) is 1. The summed E-state index contributed by atoms with van der Waals surface area (Å²) in [5.74, 6) is -3.40. The zero-order chi connectivity index (χ0) is 22.0. The Morgan fingerprint density at radius 2 is 1.73 bits per heavy atom. The first kappa shape index (κ1) is 21.2. The van der Waals surface area contributed by atoms with Gasteiger partial charge < -0.3 is 14.9 Å². The highest BCUT2D eigenvalue weighted by atomic mass is 16.5. The van der Waals surface area contributed by atoms with Crippen molar-refractivity contribution in [1.29, 1.82) is 0 Å². The molecule has 0 unspecified atom stereocenters. The molecule has 0 amide bonds. The molecule has 0 bridgehead atoms. The molecule has 2 aromatic carbocycles. The van der Waals surface area contributed by atoms with E-state index in [1.54, 1.807) is 6.92 Å². The number of phenols is 2. The summed E-state index contributed by atoms with van der Waals surface area (Å²) >= 11 is 0. The standard InChI is InChI=1S/C23H22O7/c1-3-5-8-15(24)18-12(11-17(26)30-4-2)10-14-20(22(18)28)23(29)19-13(21(14)27)7-6-9-16(19)25/h6-7,9-10,25,28H,3-5,8,11H2,1-2H3. The van der Waals surface area contributed by atoms with Crippen LogP contribution in [0.3, 0.4) is 0 Å². The van der Waals surface area contributed by atoms with Crippen LogP contribution in [-0.4, -0.2) is 40.1 Å². The van der Waals surface area contributed by atoms with Crippen molar-refractivity contribution in [2.24, 2.45) is 0 Å². The normalized spacial score (nSPS) is 12.3. The van der Waals surface area contributed by atoms with Gasteiger partial charge in [-0.15, -0.1) is 0 Å². The first-order valence-electron chi connectivity index (χ1n) is 9.80. The number of carbonyl (C=O) groups is 4. The summed E-state index contributed by atoms with van der Waals surface area (Å²) in [6.07, 6.45) is 1.09. The van der Waals surface area contributed by atoms with Crippen LogP contribution in [0.15, 0.2) is 24.3 Å². The zero-order valence-electron chi connectivity index (χ0n) is 16.8. The number of phenolic OH excluding ortho intramolecular Hbond substituents is 2. The molecule has 0 aliphatic heterocycles. The summed E-state index contributed by atoms with van der Waals surface area (Å²) in [4.78, 5) is 50.9. The first-order chi connectivity index (χ1) is 14.3. The van der Waals surface area contributed by atoms with Gasteiger partial charge in [-0.3, -0.25) is 19.2 Å². The van der Waals surface area contributed by atoms with Crippen LogP contribution in [0.25, 0.3) is 0 Å². The van der Waals surface area contributed by atoms with Gasteiger partial charge in [-0.05, 0) is 31.0 Å². The maximum absolute atomic E-state index is 13.0. The highest BCUT2D eigenvalue weighted by Crippen LogP contribution is 2.40. The third-order valence-electron chi connectivity index (χ3n) is 5.04. The number of ether oxygens (including phenoxy) is 1. The van der Waals surface area contributed by atoms with Crippen LogP contribution in [0.1, 0.15) is 80.9 Å². The van der Waals surface area contributed by atoms with E-state index in [2.05, 4.69) is 0 Å². The topological polar surface area (TPSA) is 118 Å². The van der Waals surface area contributed by atoms with E-state index in [1.807, 2.05) is 6.92 Å². The van der Waals surface area contributed by atoms with Crippen LogP contribution in [0.2, 0.25) is 0 Å². The van der Waals surface area contributed by atoms with Gasteiger partial charge in [0.15, 0.2) is 11.6 Å². The SMILES string of the molecule is CCCCC(=O)c1c(CC(=O)OCC)cc2c(c1O)C(=O)c1c(O)cccc1C2=O. The second-order valence-electron chi connectivity index (χ2n) is 7.05. The number of fused-ring (bicyclic) bond motifs is 2. The fourth-order valence-electron chi connectivity index (χ4n) is 3.65. The third kappa shape index (κ3) is 3.58. The molecule has 7 heteroatoms. The number of benzene rings is 2. The van der Waals surface area contributed by atoms with Gasteiger partial charge in [0.25, 0.3) is 0 Å². The lowest BCUT2D eigenvalue weighted by Gasteiger charge is -2.22. The summed E-state index contributed by atoms with van der Waals surface area (Å²) in [6, 6.07) is 5.42. The Bertz CT molecular complexity index is 1070. The largest absolute Gasteiger partial charge is 0.507 e. The maximum Gasteiger partial charge on any atom is 0.310 e. The average Bonchev–Trinajstić information content (AvgIpc) is 2.70. The van der Waals surface area contributed by atoms with Gasteiger partial charge in [0.2, 0.25) is 5.78 Å². The quantitative estimate of drug-likeness (QED) is 0.453. The van der Waals surface area contributed by atoms with Gasteiger partial charge in [-0.1, -0.05) is 25.5 Å². The van der Waals surface area contributed by atoms with Crippen LogP contribution in [0, 0.1) is 0 Å². The fourth-order valence-corrected chi connectivity index (χ4v) is 3.65. The predicted octanol–water partition coefficient (Wildman–Crippen LogP) is 3.35. The van der Waals surface area contributed by atoms with Gasteiger partial charge in [-0.25, -0.2) is 0 Å². The van der Waals surface area contributed by atoms with E-state index < -0.39 is 29.1 Å². The van der Waals surface area contributed by atoms with E-state index >= 15 is 0 Å². The Labute approximate surface area is 173 Å². The smallest absolute Gasteiger partial charge is 0.310 e. The van der Waals surface area contributed by atoms with Crippen molar-refractivity contribution >= 4 is 23.3 Å². The highest BCUT2D eigenvalue weighted by Gasteiger charge is 2.37. The Morgan fingerprint density at radius 1 is 1.00 bits per heavy atom. The van der Waals surface area contributed by atoms with Crippen molar-refractivity contribution in [3.8, 4) is 11.5 Å². The Hall–Kier alpha value is -3.48. The zero-order valence-corrected chi connectivity index (χ0v) is 16.8. The van der Waals surface area contributed by atoms with Crippen LogP contribution in [0.4, 0.5) is 0 Å². The van der Waals surface area contributed by atoms with Crippen molar-refractivity contribution in [3.63, 3.8) is 0 Å². The Balaban J connectivity index is 2.23. The van der Waals surface area contributed by atoms with E-state index in [0.717, 1.165) is 6.42 Å². The molecule has 0 atom stereocenters. The summed E-state index contributed by atoms with van der Waals surface area (Å²) in [5, 5.41) is 21.0. The van der Waals surface area contributed by atoms with Gasteiger partial charge in [-0.2, -0.15) is 0 Å². The molecule has 30 heavy (non-hydrogen) atoms. The third-order valence-corrected chi connectivity index (χ3v) is 5.04. The van der Waals surface area contributed by atoms with Crippen LogP contribution in [-0.2, 0) is 16.0 Å². The number of hydrogen-bond donors (Lipinski definition) is 2. The molecule has 0 spiro atoms. The number of carbonyl (C=O) groups excluding carboxylic acids is 4. The number of ketones is 3. The lowest BCUT2D eigenvalue weighted by atomic mass is 9.79. The molecular weight excluding hydrogens is 388 g/mol. The average molecular weight is 410 g/mol. The van der Waals surface area contributed by atoms with Gasteiger partial charge in [0.1, 0.15) is 11.5 Å². The summed E-state index contributed by atoms with van der Waals surface area (Å²) < 4.78 is 4.95. The molecule has 2 aromatic rings. The molecule has 1 aliphatic rings. The van der Waals surface area contributed by atoms with E-state index in [9.17, 15) is 29.4 Å². The molecule has 0 saturated heterocycles. The highest BCUT2D eigenvalue weighted by molar-refractivity contribution is 6.31. The van der Waals surface area contributed by atoms with Crippen LogP contribution < -0.4 is 0 Å². The van der Waals surface area contributed by atoms with E-state index in [0.29, 0.717) is 6.42 Å². The van der Waals surface area contributed by atoms with Crippen molar-refractivity contribution in [1.82, 2.24) is 0 Å². The van der Waals surface area contributed by atoms with Crippen molar-refractivity contribution < 1.29 is 34.1 Å². The van der Waals surface area contributed by atoms with Crippen molar-refractivity contribution in [3.05, 3.63) is 57.6 Å². The molecule has 156 valence electrons. The molecule has 1 aliphatic carbocycles. The number of unbranched alkanes of at least 4 members (excludes halogenated alkanes) is 1. The number of aromatic hydroxyl groups is 2. The van der Waals surface area contributed by atoms with Gasteiger partial charge >= 0.3 is 5.97 Å². The minimum Gasteiger partial charge on any atom is -0.507 e.